The first kappa shape index (κ1) is 18.3. The van der Waals surface area contributed by atoms with Crippen molar-refractivity contribution in [2.24, 2.45) is 4.99 Å². The van der Waals surface area contributed by atoms with Gasteiger partial charge in [-0.25, -0.2) is 13.4 Å². The monoisotopic (exact) mass is 401 g/mol. The summed E-state index contributed by atoms with van der Waals surface area (Å²) < 4.78 is 24.6. The molecule has 1 aromatic carbocycles. The number of hydrogen-bond donors (Lipinski definition) is 1. The number of halogens is 1. The van der Waals surface area contributed by atoms with Gasteiger partial charge in [0, 0.05) is 24.1 Å². The summed E-state index contributed by atoms with van der Waals surface area (Å²) >= 11 is 3.46. The van der Waals surface area contributed by atoms with Crippen molar-refractivity contribution in [3.05, 3.63) is 34.3 Å². The Morgan fingerprint density at radius 1 is 1.43 bits per heavy atom. The lowest BCUT2D eigenvalue weighted by atomic mass is 10.2. The van der Waals surface area contributed by atoms with E-state index in [1.165, 1.54) is 0 Å². The molecule has 0 aromatic heterocycles. The van der Waals surface area contributed by atoms with Crippen LogP contribution in [0.25, 0.3) is 0 Å². The van der Waals surface area contributed by atoms with E-state index in [1.54, 1.807) is 13.8 Å². The molecule has 0 bridgehead atoms. The molecule has 7 heteroatoms. The molecular weight excluding hydrogens is 378 g/mol. The highest BCUT2D eigenvalue weighted by Crippen LogP contribution is 2.23. The van der Waals surface area contributed by atoms with Gasteiger partial charge in [0.2, 0.25) is 0 Å². The van der Waals surface area contributed by atoms with E-state index in [2.05, 4.69) is 26.2 Å². The minimum Gasteiger partial charge on any atom is -0.357 e. The molecule has 1 aromatic rings. The van der Waals surface area contributed by atoms with Crippen LogP contribution in [0, 0.1) is 0 Å². The smallest absolute Gasteiger partial charge is 0.194 e. The summed E-state index contributed by atoms with van der Waals surface area (Å²) in [7, 11) is -3.05. The van der Waals surface area contributed by atoms with Gasteiger partial charge in [-0.05, 0) is 38.5 Å². The average molecular weight is 402 g/mol. The number of guanidine groups is 1. The highest BCUT2D eigenvalue weighted by Gasteiger charge is 2.40. The molecule has 0 aliphatic carbocycles. The molecule has 2 rings (SSSR count). The summed E-state index contributed by atoms with van der Waals surface area (Å²) in [6.45, 7) is 7.83. The van der Waals surface area contributed by atoms with Gasteiger partial charge in [-0.2, -0.15) is 0 Å². The molecule has 1 N–H and O–H groups in total. The summed E-state index contributed by atoms with van der Waals surface area (Å²) in [5, 5.41) is 3.27. The molecule has 0 amide bonds. The lowest BCUT2D eigenvalue weighted by Crippen LogP contribution is -2.57. The van der Waals surface area contributed by atoms with E-state index < -0.39 is 14.6 Å². The normalized spacial score (nSPS) is 20.3. The molecule has 128 valence electrons. The topological polar surface area (TPSA) is 61.8 Å². The molecule has 0 unspecified atom stereocenters. The first-order chi connectivity index (χ1) is 10.7. The zero-order valence-corrected chi connectivity index (χ0v) is 16.2. The molecule has 1 saturated heterocycles. The summed E-state index contributed by atoms with van der Waals surface area (Å²) in [6, 6.07) is 8.04. The van der Waals surface area contributed by atoms with Gasteiger partial charge in [-0.1, -0.05) is 28.1 Å². The van der Waals surface area contributed by atoms with Crippen molar-refractivity contribution >= 4 is 31.7 Å². The number of nitrogens with zero attached hydrogens (tertiary/aromatic N) is 2. The van der Waals surface area contributed by atoms with E-state index in [-0.39, 0.29) is 5.75 Å². The maximum atomic E-state index is 12.2. The Morgan fingerprint density at radius 2 is 2.17 bits per heavy atom. The Kier molecular flexibility index (Phi) is 5.73. The third-order valence-corrected chi connectivity index (χ3v) is 7.00. The molecule has 5 nitrogen and oxygen atoms in total. The number of nitrogens with one attached hydrogen (secondary N) is 1. The van der Waals surface area contributed by atoms with Crippen molar-refractivity contribution in [2.75, 3.05) is 25.4 Å². The van der Waals surface area contributed by atoms with Crippen molar-refractivity contribution < 1.29 is 8.42 Å². The minimum absolute atomic E-state index is 0.168. The van der Waals surface area contributed by atoms with Gasteiger partial charge in [-0.15, -0.1) is 0 Å². The van der Waals surface area contributed by atoms with E-state index in [9.17, 15) is 8.42 Å². The first-order valence-electron chi connectivity index (χ1n) is 7.75. The summed E-state index contributed by atoms with van der Waals surface area (Å²) in [5.41, 5.74) is 1.11. The molecule has 0 atom stereocenters. The fourth-order valence-electron chi connectivity index (χ4n) is 2.55. The molecule has 1 aliphatic heterocycles. The molecule has 1 heterocycles. The van der Waals surface area contributed by atoms with Crippen LogP contribution in [0.15, 0.2) is 33.7 Å². The highest BCUT2D eigenvalue weighted by molar-refractivity contribution is 9.10. The average Bonchev–Trinajstić information content (AvgIpc) is 2.46. The van der Waals surface area contributed by atoms with E-state index in [0.29, 0.717) is 19.6 Å². The van der Waals surface area contributed by atoms with Gasteiger partial charge >= 0.3 is 0 Å². The second-order valence-electron chi connectivity index (χ2n) is 6.30. The number of rotatable bonds is 3. The zero-order chi connectivity index (χ0) is 17.1. The van der Waals surface area contributed by atoms with E-state index in [4.69, 9.17) is 0 Å². The first-order valence-corrected chi connectivity index (χ1v) is 10.2. The van der Waals surface area contributed by atoms with E-state index >= 15 is 0 Å². The molecule has 1 aliphatic rings. The van der Waals surface area contributed by atoms with Crippen LogP contribution in [-0.4, -0.2) is 49.4 Å². The van der Waals surface area contributed by atoms with Crippen LogP contribution in [0.5, 0.6) is 0 Å². The van der Waals surface area contributed by atoms with Gasteiger partial charge in [0.15, 0.2) is 15.8 Å². The fraction of sp³-hybridized carbons (Fsp3) is 0.562. The van der Waals surface area contributed by atoms with Crippen LogP contribution >= 0.6 is 15.9 Å². The maximum absolute atomic E-state index is 12.2. The van der Waals surface area contributed by atoms with Gasteiger partial charge in [-0.3, -0.25) is 0 Å². The van der Waals surface area contributed by atoms with Crippen LogP contribution in [0.3, 0.4) is 0 Å². The fourth-order valence-corrected chi connectivity index (χ4v) is 4.36. The third-order valence-electron chi connectivity index (χ3n) is 3.98. The van der Waals surface area contributed by atoms with Gasteiger partial charge in [0.1, 0.15) is 0 Å². The molecule has 0 radical (unpaired) electrons. The van der Waals surface area contributed by atoms with Crippen molar-refractivity contribution in [1.82, 2.24) is 10.2 Å². The predicted octanol–water partition coefficient (Wildman–Crippen LogP) is 2.42. The molecule has 23 heavy (non-hydrogen) atoms. The second-order valence-corrected chi connectivity index (χ2v) is 9.96. The third kappa shape index (κ3) is 4.47. The number of aliphatic imine (C=N–C) groups is 1. The molecule has 0 spiro atoms. The van der Waals surface area contributed by atoms with Crippen molar-refractivity contribution in [2.45, 2.75) is 32.1 Å². The summed E-state index contributed by atoms with van der Waals surface area (Å²) in [4.78, 5) is 6.72. The summed E-state index contributed by atoms with van der Waals surface area (Å²) in [5.74, 6) is 0.942. The molecule has 1 fully saturated rings. The quantitative estimate of drug-likeness (QED) is 0.623. The standard InChI is InChI=1S/C16H24BrN3O2S/c1-4-18-15(19-11-13-6-5-7-14(17)10-13)20-8-9-23(21,22)16(2,3)12-20/h5-7,10H,4,8-9,11-12H2,1-3H3,(H,18,19). The summed E-state index contributed by atoms with van der Waals surface area (Å²) in [6.07, 6.45) is 0. The molecule has 0 saturated carbocycles. The van der Waals surface area contributed by atoms with Crippen molar-refractivity contribution in [3.63, 3.8) is 0 Å². The number of sulfone groups is 1. The zero-order valence-electron chi connectivity index (χ0n) is 13.8. The van der Waals surface area contributed by atoms with E-state index in [0.717, 1.165) is 22.5 Å². The number of hydrogen-bond acceptors (Lipinski definition) is 3. The Hall–Kier alpha value is -1.08. The van der Waals surface area contributed by atoms with Gasteiger partial charge < -0.3 is 10.2 Å². The SMILES string of the molecule is CCNC(=NCc1cccc(Br)c1)N1CCS(=O)(=O)C(C)(C)C1. The second kappa shape index (κ2) is 7.21. The van der Waals surface area contributed by atoms with Gasteiger partial charge in [0.25, 0.3) is 0 Å². The van der Waals surface area contributed by atoms with Crippen LogP contribution in [0.2, 0.25) is 0 Å². The Morgan fingerprint density at radius 3 is 2.78 bits per heavy atom. The molecular formula is C16H24BrN3O2S. The largest absolute Gasteiger partial charge is 0.357 e. The van der Waals surface area contributed by atoms with Gasteiger partial charge in [0.05, 0.1) is 17.0 Å². The Labute approximate surface area is 147 Å². The van der Waals surface area contributed by atoms with Crippen molar-refractivity contribution in [3.8, 4) is 0 Å². The van der Waals surface area contributed by atoms with Crippen LogP contribution in [0.4, 0.5) is 0 Å². The lowest BCUT2D eigenvalue weighted by Gasteiger charge is -2.39. The van der Waals surface area contributed by atoms with Crippen molar-refractivity contribution in [1.29, 1.82) is 0 Å². The highest BCUT2D eigenvalue weighted by atomic mass is 79.9. The van der Waals surface area contributed by atoms with Crippen LogP contribution < -0.4 is 5.32 Å². The minimum atomic E-state index is -3.05. The lowest BCUT2D eigenvalue weighted by molar-refractivity contribution is 0.353. The maximum Gasteiger partial charge on any atom is 0.194 e. The Balaban J connectivity index is 2.16. The predicted molar refractivity (Wildman–Crippen MR) is 98.4 cm³/mol. The van der Waals surface area contributed by atoms with Crippen LogP contribution in [0.1, 0.15) is 26.3 Å². The Bertz CT molecular complexity index is 686. The van der Waals surface area contributed by atoms with E-state index in [1.807, 2.05) is 36.1 Å². The van der Waals surface area contributed by atoms with Crippen LogP contribution in [-0.2, 0) is 16.4 Å². The number of benzene rings is 1.